The molecule has 0 aliphatic carbocycles. The molecule has 1 aromatic carbocycles. The van der Waals surface area contributed by atoms with Gasteiger partial charge >= 0.3 is 7.82 Å². The Morgan fingerprint density at radius 3 is 2.20 bits per heavy atom. The van der Waals surface area contributed by atoms with Gasteiger partial charge in [-0.1, -0.05) is 18.2 Å². The zero-order valence-electron chi connectivity index (χ0n) is 8.62. The van der Waals surface area contributed by atoms with Crippen molar-refractivity contribution in [1.82, 2.24) is 0 Å². The summed E-state index contributed by atoms with van der Waals surface area (Å²) in [5.41, 5.74) is 0. The Morgan fingerprint density at radius 2 is 1.67 bits per heavy atom. The molecule has 0 saturated carbocycles. The number of hydrogen-bond acceptors (Lipinski definition) is 4. The van der Waals surface area contributed by atoms with Crippen molar-refractivity contribution in [1.29, 1.82) is 0 Å². The van der Waals surface area contributed by atoms with E-state index in [0.29, 0.717) is 5.75 Å². The van der Waals surface area contributed by atoms with Gasteiger partial charge in [0.05, 0.1) is 12.2 Å². The molecule has 0 bridgehead atoms. The monoisotopic (exact) mass is 228 g/mol. The van der Waals surface area contributed by atoms with Gasteiger partial charge in [0.1, 0.15) is 5.75 Å². The first-order valence-electron chi connectivity index (χ1n) is 4.80. The number of para-hydroxylation sites is 1. The van der Waals surface area contributed by atoms with Crippen molar-refractivity contribution in [2.24, 2.45) is 0 Å². The molecule has 1 aliphatic rings. The molecule has 0 N–H and O–H groups in total. The van der Waals surface area contributed by atoms with Gasteiger partial charge in [-0.25, -0.2) is 4.57 Å². The molecule has 0 amide bonds. The van der Waals surface area contributed by atoms with E-state index in [1.165, 1.54) is 0 Å². The summed E-state index contributed by atoms with van der Waals surface area (Å²) in [6.45, 7) is 3.61. The number of phosphoric acid groups is 1. The van der Waals surface area contributed by atoms with Crippen LogP contribution in [0.5, 0.6) is 5.75 Å². The summed E-state index contributed by atoms with van der Waals surface area (Å²) in [6.07, 6.45) is -0.418. The van der Waals surface area contributed by atoms with Crippen molar-refractivity contribution in [3.63, 3.8) is 0 Å². The van der Waals surface area contributed by atoms with E-state index in [1.807, 2.05) is 6.07 Å². The molecule has 82 valence electrons. The summed E-state index contributed by atoms with van der Waals surface area (Å²) in [6, 6.07) is 8.86. The zero-order chi connectivity index (χ0) is 10.9. The second-order valence-electron chi connectivity index (χ2n) is 3.47. The third kappa shape index (κ3) is 2.40. The molecule has 2 rings (SSSR count). The van der Waals surface area contributed by atoms with Gasteiger partial charge in [-0.2, -0.15) is 0 Å². The smallest absolute Gasteiger partial charge is 0.404 e. The van der Waals surface area contributed by atoms with E-state index in [0.717, 1.165) is 0 Å². The van der Waals surface area contributed by atoms with Crippen molar-refractivity contribution < 1.29 is 18.1 Å². The molecule has 0 aromatic heterocycles. The number of rotatable bonds is 2. The molecule has 1 heterocycles. The highest BCUT2D eigenvalue weighted by Crippen LogP contribution is 2.56. The van der Waals surface area contributed by atoms with Crippen LogP contribution in [0.15, 0.2) is 30.3 Å². The van der Waals surface area contributed by atoms with E-state index in [2.05, 4.69) is 0 Å². The molecule has 4 nitrogen and oxygen atoms in total. The highest BCUT2D eigenvalue weighted by atomic mass is 31.2. The topological polar surface area (TPSA) is 44.8 Å². The Balaban J connectivity index is 2.10. The highest BCUT2D eigenvalue weighted by molar-refractivity contribution is 7.49. The average Bonchev–Trinajstić information content (AvgIpc) is 2.42. The SMILES string of the molecule is CC1OP(=O)(Oc2ccccc2)OC1C. The maximum atomic E-state index is 11.9. The Morgan fingerprint density at radius 1 is 1.13 bits per heavy atom. The maximum absolute atomic E-state index is 11.9. The molecular formula is C10H13O4P. The molecule has 1 saturated heterocycles. The van der Waals surface area contributed by atoms with Gasteiger partial charge in [-0.3, -0.25) is 9.05 Å². The lowest BCUT2D eigenvalue weighted by atomic mass is 10.3. The lowest BCUT2D eigenvalue weighted by Crippen LogP contribution is -2.13. The Hall–Kier alpha value is -0.830. The molecule has 0 radical (unpaired) electrons. The van der Waals surface area contributed by atoms with E-state index in [4.69, 9.17) is 13.6 Å². The molecule has 15 heavy (non-hydrogen) atoms. The summed E-state index contributed by atoms with van der Waals surface area (Å²) in [4.78, 5) is 0. The normalized spacial score (nSPS) is 35.3. The summed E-state index contributed by atoms with van der Waals surface area (Å²) in [5.74, 6) is 0.488. The summed E-state index contributed by atoms with van der Waals surface area (Å²) >= 11 is 0. The van der Waals surface area contributed by atoms with Gasteiger partial charge < -0.3 is 4.52 Å². The van der Waals surface area contributed by atoms with Gasteiger partial charge in [0.2, 0.25) is 0 Å². The van der Waals surface area contributed by atoms with Crippen molar-refractivity contribution in [3.05, 3.63) is 30.3 Å². The third-order valence-electron chi connectivity index (χ3n) is 2.21. The number of benzene rings is 1. The van der Waals surface area contributed by atoms with Gasteiger partial charge in [-0.05, 0) is 26.0 Å². The lowest BCUT2D eigenvalue weighted by Gasteiger charge is -2.10. The fraction of sp³-hybridized carbons (Fsp3) is 0.400. The fourth-order valence-electron chi connectivity index (χ4n) is 1.26. The molecule has 1 fully saturated rings. The van der Waals surface area contributed by atoms with Crippen molar-refractivity contribution in [2.75, 3.05) is 0 Å². The number of phosphoric ester groups is 1. The zero-order valence-corrected chi connectivity index (χ0v) is 9.52. The summed E-state index contributed by atoms with van der Waals surface area (Å²) in [5, 5.41) is 0. The maximum Gasteiger partial charge on any atom is 0.530 e. The van der Waals surface area contributed by atoms with E-state index < -0.39 is 7.82 Å². The summed E-state index contributed by atoms with van der Waals surface area (Å²) < 4.78 is 27.5. The van der Waals surface area contributed by atoms with Crippen LogP contribution in [0.4, 0.5) is 0 Å². The largest absolute Gasteiger partial charge is 0.530 e. The van der Waals surface area contributed by atoms with E-state index in [-0.39, 0.29) is 12.2 Å². The van der Waals surface area contributed by atoms with Crippen molar-refractivity contribution in [2.45, 2.75) is 26.1 Å². The molecule has 2 atom stereocenters. The quantitative estimate of drug-likeness (QED) is 0.730. The highest BCUT2D eigenvalue weighted by Gasteiger charge is 2.43. The van der Waals surface area contributed by atoms with Crippen molar-refractivity contribution >= 4 is 7.82 Å². The standard InChI is InChI=1S/C10H13O4P/c1-8-9(2)13-15(11,12-8)14-10-6-4-3-5-7-10/h3-9H,1-2H3. The minimum absolute atomic E-state index is 0.209. The van der Waals surface area contributed by atoms with E-state index in [1.54, 1.807) is 38.1 Å². The minimum Gasteiger partial charge on any atom is -0.404 e. The predicted molar refractivity (Wildman–Crippen MR) is 55.8 cm³/mol. The molecular weight excluding hydrogens is 215 g/mol. The second kappa shape index (κ2) is 3.97. The first-order valence-corrected chi connectivity index (χ1v) is 6.27. The van der Waals surface area contributed by atoms with E-state index in [9.17, 15) is 4.57 Å². The first-order chi connectivity index (χ1) is 7.09. The molecule has 1 aromatic rings. The molecule has 5 heteroatoms. The van der Waals surface area contributed by atoms with Gasteiger partial charge in [0, 0.05) is 0 Å². The summed E-state index contributed by atoms with van der Waals surface area (Å²) in [7, 11) is -3.40. The van der Waals surface area contributed by atoms with Crippen LogP contribution in [0, 0.1) is 0 Å². The van der Waals surface area contributed by atoms with Crippen LogP contribution in [0.3, 0.4) is 0 Å². The van der Waals surface area contributed by atoms with E-state index >= 15 is 0 Å². The minimum atomic E-state index is -3.40. The Labute approximate surface area is 88.8 Å². The Bertz CT molecular complexity index is 364. The van der Waals surface area contributed by atoms with Crippen LogP contribution in [0.25, 0.3) is 0 Å². The third-order valence-corrected chi connectivity index (χ3v) is 3.83. The first kappa shape index (κ1) is 10.7. The van der Waals surface area contributed by atoms with Gasteiger partial charge in [-0.15, -0.1) is 0 Å². The predicted octanol–water partition coefficient (Wildman–Crippen LogP) is 3.00. The fourth-order valence-corrected chi connectivity index (χ4v) is 2.93. The second-order valence-corrected chi connectivity index (χ2v) is 4.97. The molecule has 0 spiro atoms. The van der Waals surface area contributed by atoms with Crippen LogP contribution in [0.2, 0.25) is 0 Å². The van der Waals surface area contributed by atoms with Crippen LogP contribution in [-0.2, 0) is 13.6 Å². The van der Waals surface area contributed by atoms with Crippen LogP contribution < -0.4 is 4.52 Å². The van der Waals surface area contributed by atoms with Crippen LogP contribution >= 0.6 is 7.82 Å². The van der Waals surface area contributed by atoms with Gasteiger partial charge in [0.15, 0.2) is 0 Å². The number of hydrogen-bond donors (Lipinski definition) is 0. The van der Waals surface area contributed by atoms with Gasteiger partial charge in [0.25, 0.3) is 0 Å². The molecule has 2 unspecified atom stereocenters. The average molecular weight is 228 g/mol. The van der Waals surface area contributed by atoms with Crippen molar-refractivity contribution in [3.8, 4) is 5.75 Å². The lowest BCUT2D eigenvalue weighted by molar-refractivity contribution is 0.187. The molecule has 1 aliphatic heterocycles. The van der Waals surface area contributed by atoms with Crippen LogP contribution in [-0.4, -0.2) is 12.2 Å². The van der Waals surface area contributed by atoms with Crippen LogP contribution in [0.1, 0.15) is 13.8 Å². The Kier molecular flexibility index (Phi) is 2.83.